The highest BCUT2D eigenvalue weighted by atomic mass is 16.5. The summed E-state index contributed by atoms with van der Waals surface area (Å²) in [5.74, 6) is 0.679. The molecule has 0 aromatic heterocycles. The van der Waals surface area contributed by atoms with E-state index in [1.807, 2.05) is 6.92 Å². The number of aliphatic hydroxyl groups is 1. The maximum Gasteiger partial charge on any atom is 0.307 e. The van der Waals surface area contributed by atoms with Gasteiger partial charge in [0.05, 0.1) is 26.2 Å². The molecule has 1 saturated heterocycles. The van der Waals surface area contributed by atoms with E-state index in [2.05, 4.69) is 10.1 Å². The summed E-state index contributed by atoms with van der Waals surface area (Å²) in [7, 11) is 1.28. The summed E-state index contributed by atoms with van der Waals surface area (Å²) in [6, 6.07) is 6.49. The van der Waals surface area contributed by atoms with Gasteiger partial charge in [-0.05, 0) is 31.2 Å². The van der Waals surface area contributed by atoms with Gasteiger partial charge in [-0.25, -0.2) is 0 Å². The van der Waals surface area contributed by atoms with Crippen LogP contribution in [0.2, 0.25) is 0 Å². The van der Waals surface area contributed by atoms with Gasteiger partial charge in [-0.1, -0.05) is 0 Å². The van der Waals surface area contributed by atoms with E-state index in [1.54, 1.807) is 29.2 Å². The second-order valence-electron chi connectivity index (χ2n) is 5.95. The number of piperazine rings is 1. The van der Waals surface area contributed by atoms with Crippen LogP contribution in [-0.2, 0) is 14.3 Å². The van der Waals surface area contributed by atoms with E-state index in [9.17, 15) is 14.7 Å². The van der Waals surface area contributed by atoms with Crippen molar-refractivity contribution >= 4 is 11.9 Å². The number of amides is 1. The zero-order valence-electron chi connectivity index (χ0n) is 15.1. The first kappa shape index (κ1) is 20.0. The highest BCUT2D eigenvalue weighted by molar-refractivity contribution is 5.87. The summed E-state index contributed by atoms with van der Waals surface area (Å²) < 4.78 is 15.6. The number of β-amino-alcohol motifs (C(OH)–C–C–N with tert-alkyl or cyclic N) is 1. The van der Waals surface area contributed by atoms with Gasteiger partial charge in [0.2, 0.25) is 5.91 Å². The summed E-state index contributed by atoms with van der Waals surface area (Å²) >= 11 is 0. The molecule has 1 amide bonds. The first-order chi connectivity index (χ1) is 12.5. The van der Waals surface area contributed by atoms with Crippen LogP contribution in [0.3, 0.4) is 0 Å². The molecule has 0 aliphatic carbocycles. The third-order valence-corrected chi connectivity index (χ3v) is 4.05. The fourth-order valence-corrected chi connectivity index (χ4v) is 2.76. The number of ether oxygens (including phenoxy) is 3. The average molecular weight is 366 g/mol. The molecule has 1 aromatic carbocycles. The van der Waals surface area contributed by atoms with Crippen molar-refractivity contribution < 1.29 is 28.9 Å². The molecule has 0 unspecified atom stereocenters. The highest BCUT2D eigenvalue weighted by Crippen LogP contribution is 2.18. The average Bonchev–Trinajstić information content (AvgIpc) is 2.64. The Bertz CT molecular complexity index is 592. The Morgan fingerprint density at radius 3 is 2.58 bits per heavy atom. The van der Waals surface area contributed by atoms with Gasteiger partial charge in [-0.3, -0.25) is 14.5 Å². The zero-order valence-corrected chi connectivity index (χ0v) is 15.1. The predicted octanol–water partition coefficient (Wildman–Crippen LogP) is 0.189. The highest BCUT2D eigenvalue weighted by Gasteiger charge is 2.33. The number of hydrogen-bond donors (Lipinski definition) is 2. The molecule has 144 valence electrons. The number of methoxy groups -OCH3 is 1. The number of aliphatic hydroxyl groups excluding tert-OH is 1. The summed E-state index contributed by atoms with van der Waals surface area (Å²) in [6.07, 6.45) is -0.845. The molecule has 26 heavy (non-hydrogen) atoms. The molecule has 2 rings (SSSR count). The van der Waals surface area contributed by atoms with E-state index in [4.69, 9.17) is 9.47 Å². The maximum atomic E-state index is 12.0. The van der Waals surface area contributed by atoms with Gasteiger partial charge in [-0.15, -0.1) is 0 Å². The molecule has 2 N–H and O–H groups in total. The molecule has 0 radical (unpaired) electrons. The summed E-state index contributed by atoms with van der Waals surface area (Å²) in [4.78, 5) is 25.3. The molecule has 1 aliphatic rings. The van der Waals surface area contributed by atoms with Crippen molar-refractivity contribution in [2.45, 2.75) is 25.5 Å². The van der Waals surface area contributed by atoms with Crippen LogP contribution in [0.4, 0.5) is 0 Å². The van der Waals surface area contributed by atoms with Crippen LogP contribution in [0.5, 0.6) is 11.5 Å². The molecule has 1 fully saturated rings. The first-order valence-corrected chi connectivity index (χ1v) is 8.65. The van der Waals surface area contributed by atoms with E-state index >= 15 is 0 Å². The monoisotopic (exact) mass is 366 g/mol. The molecule has 1 heterocycles. The fraction of sp³-hybridized carbons (Fsp3) is 0.556. The Balaban J connectivity index is 1.85. The number of esters is 1. The van der Waals surface area contributed by atoms with Gasteiger partial charge in [0.1, 0.15) is 24.2 Å². The van der Waals surface area contributed by atoms with Crippen molar-refractivity contribution in [2.24, 2.45) is 0 Å². The minimum absolute atomic E-state index is 0.0468. The largest absolute Gasteiger partial charge is 0.494 e. The van der Waals surface area contributed by atoms with E-state index in [0.29, 0.717) is 25.4 Å². The van der Waals surface area contributed by atoms with Crippen LogP contribution in [-0.4, -0.2) is 74.0 Å². The normalized spacial score (nSPS) is 18.7. The molecule has 8 nitrogen and oxygen atoms in total. The minimum Gasteiger partial charge on any atom is -0.494 e. The van der Waals surface area contributed by atoms with Gasteiger partial charge in [0, 0.05) is 19.6 Å². The zero-order chi connectivity index (χ0) is 18.9. The predicted molar refractivity (Wildman–Crippen MR) is 94.1 cm³/mol. The van der Waals surface area contributed by atoms with Crippen LogP contribution < -0.4 is 14.8 Å². The van der Waals surface area contributed by atoms with Crippen molar-refractivity contribution in [3.63, 3.8) is 0 Å². The summed E-state index contributed by atoms with van der Waals surface area (Å²) in [5.41, 5.74) is 0. The molecular weight excluding hydrogens is 340 g/mol. The Morgan fingerprint density at radius 1 is 1.31 bits per heavy atom. The van der Waals surface area contributed by atoms with Crippen molar-refractivity contribution in [1.82, 2.24) is 10.2 Å². The fourth-order valence-electron chi connectivity index (χ4n) is 2.76. The van der Waals surface area contributed by atoms with Crippen LogP contribution in [0.25, 0.3) is 0 Å². The number of rotatable bonds is 9. The number of carbonyl (C=O) groups excluding carboxylic acids is 2. The lowest BCUT2D eigenvalue weighted by atomic mass is 10.1. The molecule has 1 aliphatic heterocycles. The van der Waals surface area contributed by atoms with Crippen molar-refractivity contribution in [1.29, 1.82) is 0 Å². The number of hydrogen-bond acceptors (Lipinski definition) is 7. The number of carbonyl (C=O) groups is 2. The SMILES string of the molecule is CCOc1ccc(OC[C@H](O)CN2CCNC(=O)[C@@H]2CC(=O)OC)cc1. The van der Waals surface area contributed by atoms with Gasteiger partial charge in [-0.2, -0.15) is 0 Å². The lowest BCUT2D eigenvalue weighted by molar-refractivity contribution is -0.146. The third kappa shape index (κ3) is 5.89. The van der Waals surface area contributed by atoms with E-state index < -0.39 is 18.1 Å². The van der Waals surface area contributed by atoms with Crippen LogP contribution in [0.1, 0.15) is 13.3 Å². The number of nitrogens with one attached hydrogen (secondary N) is 1. The van der Waals surface area contributed by atoms with Crippen molar-refractivity contribution in [3.8, 4) is 11.5 Å². The standard InChI is InChI=1S/C18H26N2O6/c1-3-25-14-4-6-15(7-5-14)26-12-13(21)11-20-9-8-19-18(23)16(20)10-17(22)24-2/h4-7,13,16,21H,3,8-12H2,1-2H3,(H,19,23)/t13-,16+/m1/s1. The smallest absolute Gasteiger partial charge is 0.307 e. The molecule has 2 atom stereocenters. The van der Waals surface area contributed by atoms with E-state index in [-0.39, 0.29) is 25.5 Å². The molecular formula is C18H26N2O6. The van der Waals surface area contributed by atoms with Crippen molar-refractivity contribution in [3.05, 3.63) is 24.3 Å². The Hall–Kier alpha value is -2.32. The topological polar surface area (TPSA) is 97.3 Å². The molecule has 0 saturated carbocycles. The van der Waals surface area contributed by atoms with Gasteiger partial charge in [0.15, 0.2) is 0 Å². The second kappa shape index (κ2) is 9.98. The van der Waals surface area contributed by atoms with Crippen LogP contribution in [0.15, 0.2) is 24.3 Å². The quantitative estimate of drug-likeness (QED) is 0.602. The third-order valence-electron chi connectivity index (χ3n) is 4.05. The summed E-state index contributed by atoms with van der Waals surface area (Å²) in [6.45, 7) is 3.84. The van der Waals surface area contributed by atoms with Crippen molar-refractivity contribution in [2.75, 3.05) is 40.0 Å². The maximum absolute atomic E-state index is 12.0. The van der Waals surface area contributed by atoms with Crippen LogP contribution >= 0.6 is 0 Å². The number of nitrogens with zero attached hydrogens (tertiary/aromatic N) is 1. The number of benzene rings is 1. The second-order valence-corrected chi connectivity index (χ2v) is 5.95. The lowest BCUT2D eigenvalue weighted by Crippen LogP contribution is -2.57. The minimum atomic E-state index is -0.799. The summed E-state index contributed by atoms with van der Waals surface area (Å²) in [5, 5.41) is 13.0. The van der Waals surface area contributed by atoms with Gasteiger partial charge < -0.3 is 24.6 Å². The molecule has 0 bridgehead atoms. The van der Waals surface area contributed by atoms with E-state index in [1.165, 1.54) is 7.11 Å². The van der Waals surface area contributed by atoms with Crippen LogP contribution in [0, 0.1) is 0 Å². The molecule has 1 aromatic rings. The Morgan fingerprint density at radius 2 is 1.96 bits per heavy atom. The Kier molecular flexibility index (Phi) is 7.68. The Labute approximate surface area is 153 Å². The van der Waals surface area contributed by atoms with Gasteiger partial charge >= 0.3 is 5.97 Å². The first-order valence-electron chi connectivity index (χ1n) is 8.65. The van der Waals surface area contributed by atoms with Gasteiger partial charge in [0.25, 0.3) is 0 Å². The molecule has 8 heteroatoms. The molecule has 0 spiro atoms. The lowest BCUT2D eigenvalue weighted by Gasteiger charge is -2.35. The van der Waals surface area contributed by atoms with E-state index in [0.717, 1.165) is 5.75 Å².